The number of aliphatic hydroxyl groups is 3. The van der Waals surface area contributed by atoms with E-state index in [0.29, 0.717) is 59.0 Å². The second-order valence-corrected chi connectivity index (χ2v) is 25.7. The van der Waals surface area contributed by atoms with Gasteiger partial charge in [0.2, 0.25) is 6.29 Å². The second kappa shape index (κ2) is 25.5. The first kappa shape index (κ1) is 62.6. The van der Waals surface area contributed by atoms with Crippen molar-refractivity contribution in [3.8, 4) is 34.0 Å². The van der Waals surface area contributed by atoms with Gasteiger partial charge >= 0.3 is 23.9 Å². The summed E-state index contributed by atoms with van der Waals surface area (Å²) in [5.74, 6) is -5.16. The van der Waals surface area contributed by atoms with Crippen LogP contribution < -0.4 is 25.8 Å². The van der Waals surface area contributed by atoms with Crippen molar-refractivity contribution in [2.24, 2.45) is 22.0 Å². The lowest BCUT2D eigenvalue weighted by Crippen LogP contribution is -2.64. The average Bonchev–Trinajstić information content (AvgIpc) is 0.866. The minimum Gasteiger partial charge on any atom is -0.491 e. The van der Waals surface area contributed by atoms with E-state index in [1.54, 1.807) is 24.4 Å². The van der Waals surface area contributed by atoms with Crippen molar-refractivity contribution in [2.45, 2.75) is 121 Å². The first-order chi connectivity index (χ1) is 42.5. The Morgan fingerprint density at radius 2 is 1.61 bits per heavy atom. The van der Waals surface area contributed by atoms with Gasteiger partial charge in [-0.15, -0.1) is 0 Å². The lowest BCUT2D eigenvalue weighted by atomic mass is 9.39. The highest BCUT2D eigenvalue weighted by Gasteiger charge is 2.66. The number of nitrogens with two attached hydrogens (primary N) is 1. The third-order valence-electron chi connectivity index (χ3n) is 17.3. The number of hydrogen-bond acceptors (Lipinski definition) is 20. The molecule has 4 aromatic carbocycles. The number of carbonyl (C=O) groups is 5. The number of rotatable bonds is 26. The number of ether oxygens (including phenoxy) is 6. The maximum absolute atomic E-state index is 13.8. The predicted molar refractivity (Wildman–Crippen MR) is 323 cm³/mol. The fraction of sp³-hybridized carbons (Fsp3) is 0.438. The summed E-state index contributed by atoms with van der Waals surface area (Å²) in [6.45, 7) is 7.65. The van der Waals surface area contributed by atoms with Crippen LogP contribution in [0.25, 0.3) is 43.5 Å². The van der Waals surface area contributed by atoms with Crippen molar-refractivity contribution in [1.29, 1.82) is 0 Å². The third-order valence-corrected chi connectivity index (χ3v) is 18.3. The number of thiazole rings is 1. The molecule has 1 amide bonds. The molecule has 25 heteroatoms. The fourth-order valence-corrected chi connectivity index (χ4v) is 15.6. The topological polar surface area (TPSA) is 356 Å². The summed E-state index contributed by atoms with van der Waals surface area (Å²) in [7, 11) is 0. The number of anilines is 1. The number of nitrogens with one attached hydrogen (secondary N) is 2. The molecule has 470 valence electrons. The van der Waals surface area contributed by atoms with Gasteiger partial charge in [-0.3, -0.25) is 24.4 Å². The van der Waals surface area contributed by atoms with Crippen LogP contribution in [-0.4, -0.2) is 162 Å². The second-order valence-electron chi connectivity index (χ2n) is 24.7. The van der Waals surface area contributed by atoms with Gasteiger partial charge in [0.1, 0.15) is 49.1 Å². The number of aliphatic hydroxyl groups excluding tert-OH is 3. The number of amides is 1. The number of benzene rings is 4. The molecule has 1 saturated heterocycles. The van der Waals surface area contributed by atoms with Crippen LogP contribution >= 0.6 is 11.3 Å². The normalized spacial score (nSPS) is 25.6. The monoisotopic (exact) mass is 1240 g/mol. The zero-order valence-corrected chi connectivity index (χ0v) is 50.1. The standard InChI is InChI=1S/C64H71N7O17S/c1-35-43(50-41(56(78)79)15-16-44(68-50)37-12-11-36-7-6-8-40(42(36)23-37)55(77)70-60-69-45-9-4-5-10-48(45)89-60)26-67-71(35)34-63-29-61(2)28-62(3,30-63)32-64(31-61,33-63)86-20-18-66-46(25-49(72)73)58(82)85-27-38-13-14-39(84-22-21-83-19-17-65)24-47(38)87-59-53(76)51(74)52(75)54(88-59)57(80)81/h4-16,23-24,26,46,51-54,59,66,74-76H,17-22,25,27-34,65H2,1-3H3,(H,72,73)(H,78,79)(H,80,81)(H,69,70,77)/t46?,51-,52-,53+,54-,59+,61?,62?,63?,64?/m1/s1. The van der Waals surface area contributed by atoms with Gasteiger partial charge in [0.15, 0.2) is 11.2 Å². The number of pyridine rings is 1. The molecule has 7 aromatic rings. The van der Waals surface area contributed by atoms with E-state index in [1.165, 1.54) is 29.5 Å². The van der Waals surface area contributed by atoms with Gasteiger partial charge in [-0.05, 0) is 121 Å². The highest BCUT2D eigenvalue weighted by molar-refractivity contribution is 7.22. The molecular weight excluding hydrogens is 1170 g/mol. The van der Waals surface area contributed by atoms with Crippen molar-refractivity contribution < 1.29 is 83.0 Å². The van der Waals surface area contributed by atoms with E-state index in [2.05, 4.69) is 29.5 Å². The molecule has 12 rings (SSSR count). The number of hydrogen-bond donors (Lipinski definition) is 9. The molecule has 8 atom stereocenters. The zero-order chi connectivity index (χ0) is 63.0. The van der Waals surface area contributed by atoms with E-state index in [4.69, 9.17) is 44.2 Å². The van der Waals surface area contributed by atoms with E-state index in [9.17, 15) is 54.6 Å². The summed E-state index contributed by atoms with van der Waals surface area (Å²) in [6, 6.07) is 25.1. The molecule has 0 radical (unpaired) electrons. The van der Waals surface area contributed by atoms with Crippen LogP contribution in [-0.2, 0) is 46.5 Å². The molecule has 3 unspecified atom stereocenters. The summed E-state index contributed by atoms with van der Waals surface area (Å²) in [5.41, 5.74) is 8.64. The van der Waals surface area contributed by atoms with Crippen LogP contribution in [0.15, 0.2) is 97.2 Å². The smallest absolute Gasteiger partial charge is 0.337 e. The van der Waals surface area contributed by atoms with Crippen LogP contribution in [0, 0.1) is 23.2 Å². The minimum absolute atomic E-state index is 0.00905. The molecule has 5 fully saturated rings. The van der Waals surface area contributed by atoms with Crippen molar-refractivity contribution in [1.82, 2.24) is 25.1 Å². The van der Waals surface area contributed by atoms with Crippen LogP contribution in [0.5, 0.6) is 11.5 Å². The number of aromatic carboxylic acids is 1. The number of para-hydroxylation sites is 1. The summed E-state index contributed by atoms with van der Waals surface area (Å²) < 4.78 is 37.9. The molecule has 89 heavy (non-hydrogen) atoms. The van der Waals surface area contributed by atoms with Crippen molar-refractivity contribution in [2.75, 3.05) is 44.8 Å². The number of fused-ring (bicyclic) bond motifs is 2. The Hall–Kier alpha value is -7.98. The number of esters is 1. The van der Waals surface area contributed by atoms with Gasteiger partial charge in [0.05, 0.1) is 65.2 Å². The van der Waals surface area contributed by atoms with Gasteiger partial charge in [-0.2, -0.15) is 5.10 Å². The van der Waals surface area contributed by atoms with Gasteiger partial charge in [0.25, 0.3) is 5.91 Å². The molecule has 4 saturated carbocycles. The molecule has 10 N–H and O–H groups in total. The Kier molecular flexibility index (Phi) is 17.9. The molecule has 4 heterocycles. The molecule has 3 aromatic heterocycles. The zero-order valence-electron chi connectivity index (χ0n) is 49.3. The quantitative estimate of drug-likeness (QED) is 0.0204. The Labute approximate surface area is 514 Å². The van der Waals surface area contributed by atoms with E-state index in [0.717, 1.165) is 53.4 Å². The summed E-state index contributed by atoms with van der Waals surface area (Å²) in [4.78, 5) is 74.2. The maximum Gasteiger partial charge on any atom is 0.337 e. The molecule has 24 nitrogen and oxygen atoms in total. The van der Waals surface area contributed by atoms with E-state index < -0.39 is 79.3 Å². The molecular formula is C64H71N7O17S. The molecule has 0 spiro atoms. The Balaban J connectivity index is 0.768. The summed E-state index contributed by atoms with van der Waals surface area (Å²) in [6.07, 6.45) is -3.50. The van der Waals surface area contributed by atoms with Gasteiger partial charge < -0.3 is 70.1 Å². The summed E-state index contributed by atoms with van der Waals surface area (Å²) in [5, 5.41) is 74.5. The molecule has 4 bridgehead atoms. The number of nitrogens with zero attached hydrogens (tertiary/aromatic N) is 4. The van der Waals surface area contributed by atoms with Crippen LogP contribution in [0.1, 0.15) is 90.8 Å². The minimum atomic E-state index is -1.98. The highest BCUT2D eigenvalue weighted by Crippen LogP contribution is 2.72. The largest absolute Gasteiger partial charge is 0.491 e. The van der Waals surface area contributed by atoms with Crippen LogP contribution in [0.2, 0.25) is 0 Å². The average molecular weight is 1240 g/mol. The SMILES string of the molecule is Cc1c(-c2nc(-c3ccc4cccc(C(=O)Nc5nc6ccccc6s5)c4c3)ccc2C(=O)O)cnn1CC12CC3(C)CC(C)(C1)CC(OCCNC(CC(=O)O)C(=O)OCc1ccc(OCCOCCN)cc1O[C@H]1O[C@@H](C(=O)O)[C@H](O)[C@@H](O)[C@@H]1O)(C3)C2. The predicted octanol–water partition coefficient (Wildman–Crippen LogP) is 6.57. The summed E-state index contributed by atoms with van der Waals surface area (Å²) >= 11 is 1.39. The number of aliphatic carboxylic acids is 2. The van der Waals surface area contributed by atoms with Crippen molar-refractivity contribution >= 4 is 67.2 Å². The van der Waals surface area contributed by atoms with Crippen molar-refractivity contribution in [3.63, 3.8) is 0 Å². The lowest BCUT2D eigenvalue weighted by Gasteiger charge is -2.69. The van der Waals surface area contributed by atoms with Gasteiger partial charge in [0, 0.05) is 53.6 Å². The lowest BCUT2D eigenvalue weighted by molar-refractivity contribution is -0.271. The Bertz CT molecular complexity index is 3780. The van der Waals surface area contributed by atoms with Crippen LogP contribution in [0.4, 0.5) is 5.13 Å². The molecule has 4 aliphatic carbocycles. The Morgan fingerprint density at radius 3 is 2.35 bits per heavy atom. The molecule has 1 aliphatic heterocycles. The first-order valence-corrected chi connectivity index (χ1v) is 30.2. The number of carboxylic acids is 3. The highest BCUT2D eigenvalue weighted by atomic mass is 32.1. The third kappa shape index (κ3) is 13.5. The first-order valence-electron chi connectivity index (χ1n) is 29.4. The van der Waals surface area contributed by atoms with Crippen LogP contribution in [0.3, 0.4) is 0 Å². The Morgan fingerprint density at radius 1 is 0.820 bits per heavy atom. The number of carbonyl (C=O) groups excluding carboxylic acids is 2. The van der Waals surface area contributed by atoms with E-state index in [-0.39, 0.29) is 76.8 Å². The number of aromatic nitrogens is 4. The van der Waals surface area contributed by atoms with E-state index in [1.807, 2.05) is 66.2 Å². The van der Waals surface area contributed by atoms with Gasteiger partial charge in [-0.1, -0.05) is 61.6 Å². The fourth-order valence-electron chi connectivity index (χ4n) is 14.7. The number of carboxylic acid groups (broad SMARTS) is 3. The van der Waals surface area contributed by atoms with Gasteiger partial charge in [-0.25, -0.2) is 19.6 Å². The molecule has 5 aliphatic rings. The maximum atomic E-state index is 13.8. The van der Waals surface area contributed by atoms with Crippen molar-refractivity contribution in [3.05, 3.63) is 120 Å². The van der Waals surface area contributed by atoms with E-state index >= 15 is 0 Å².